The smallest absolute Gasteiger partial charge is 0.338 e. The lowest BCUT2D eigenvalue weighted by atomic mass is 10.0. The Morgan fingerprint density at radius 2 is 1.77 bits per heavy atom. The number of esters is 1. The summed E-state index contributed by atoms with van der Waals surface area (Å²) in [6.45, 7) is 8.05. The molecule has 5 heteroatoms. The molecule has 0 aromatic heterocycles. The van der Waals surface area contributed by atoms with Crippen LogP contribution in [-0.4, -0.2) is 25.1 Å². The minimum Gasteiger partial charge on any atom is -0.484 e. The van der Waals surface area contributed by atoms with Gasteiger partial charge in [-0.1, -0.05) is 32.0 Å². The zero-order chi connectivity index (χ0) is 19.1. The summed E-state index contributed by atoms with van der Waals surface area (Å²) >= 11 is 0. The molecule has 1 amide bonds. The summed E-state index contributed by atoms with van der Waals surface area (Å²) < 4.78 is 10.5. The molecular formula is C21H25NO4. The lowest BCUT2D eigenvalue weighted by Gasteiger charge is -2.12. The van der Waals surface area contributed by atoms with Crippen molar-refractivity contribution in [1.29, 1.82) is 0 Å². The first kappa shape index (κ1) is 19.5. The third-order valence-corrected chi connectivity index (χ3v) is 3.94. The highest BCUT2D eigenvalue weighted by molar-refractivity contribution is 5.95. The number of nitrogens with one attached hydrogen (secondary N) is 1. The Hall–Kier alpha value is -2.82. The summed E-state index contributed by atoms with van der Waals surface area (Å²) in [6, 6.07) is 12.8. The van der Waals surface area contributed by atoms with Crippen LogP contribution < -0.4 is 10.1 Å². The number of aryl methyl sites for hydroxylation is 1. The Morgan fingerprint density at radius 3 is 2.38 bits per heavy atom. The molecule has 2 aromatic rings. The van der Waals surface area contributed by atoms with Crippen molar-refractivity contribution in [1.82, 2.24) is 0 Å². The SMILES string of the molecule is CCOC(=O)c1ccc(C)c(NC(=O)COc2ccc(C(C)C)cc2)c1. The highest BCUT2D eigenvalue weighted by Gasteiger charge is 2.11. The monoisotopic (exact) mass is 355 g/mol. The Kier molecular flexibility index (Phi) is 6.78. The molecule has 0 spiro atoms. The predicted molar refractivity (Wildman–Crippen MR) is 102 cm³/mol. The third kappa shape index (κ3) is 5.34. The Labute approximate surface area is 154 Å². The molecule has 0 fully saturated rings. The first-order chi connectivity index (χ1) is 12.4. The van der Waals surface area contributed by atoms with Crippen LogP contribution in [0.5, 0.6) is 5.75 Å². The van der Waals surface area contributed by atoms with E-state index < -0.39 is 5.97 Å². The van der Waals surface area contributed by atoms with Gasteiger partial charge in [-0.3, -0.25) is 4.79 Å². The van der Waals surface area contributed by atoms with Gasteiger partial charge in [0.2, 0.25) is 0 Å². The molecule has 0 heterocycles. The largest absolute Gasteiger partial charge is 0.484 e. The number of carbonyl (C=O) groups excluding carboxylic acids is 2. The topological polar surface area (TPSA) is 64.6 Å². The molecule has 0 saturated heterocycles. The van der Waals surface area contributed by atoms with Crippen molar-refractivity contribution >= 4 is 17.6 Å². The molecule has 138 valence electrons. The van der Waals surface area contributed by atoms with Gasteiger partial charge in [-0.25, -0.2) is 4.79 Å². The minimum absolute atomic E-state index is 0.107. The fraction of sp³-hybridized carbons (Fsp3) is 0.333. The van der Waals surface area contributed by atoms with Crippen LogP contribution in [0.3, 0.4) is 0 Å². The summed E-state index contributed by atoms with van der Waals surface area (Å²) in [6.07, 6.45) is 0. The third-order valence-electron chi connectivity index (χ3n) is 3.94. The van der Waals surface area contributed by atoms with E-state index in [0.29, 0.717) is 29.5 Å². The van der Waals surface area contributed by atoms with Crippen LogP contribution >= 0.6 is 0 Å². The second-order valence-corrected chi connectivity index (χ2v) is 6.31. The van der Waals surface area contributed by atoms with Gasteiger partial charge < -0.3 is 14.8 Å². The molecule has 0 bridgehead atoms. The van der Waals surface area contributed by atoms with Gasteiger partial charge >= 0.3 is 5.97 Å². The van der Waals surface area contributed by atoms with Crippen molar-refractivity contribution in [2.45, 2.75) is 33.6 Å². The van der Waals surface area contributed by atoms with E-state index in [4.69, 9.17) is 9.47 Å². The Balaban J connectivity index is 1.96. The van der Waals surface area contributed by atoms with Crippen molar-refractivity contribution in [3.8, 4) is 5.75 Å². The number of carbonyl (C=O) groups is 2. The second-order valence-electron chi connectivity index (χ2n) is 6.31. The molecule has 2 rings (SSSR count). The summed E-state index contributed by atoms with van der Waals surface area (Å²) in [4.78, 5) is 24.0. The first-order valence-corrected chi connectivity index (χ1v) is 8.71. The molecule has 0 aliphatic carbocycles. The maximum Gasteiger partial charge on any atom is 0.338 e. The minimum atomic E-state index is -0.413. The number of amides is 1. The molecule has 0 saturated carbocycles. The molecule has 0 unspecified atom stereocenters. The molecule has 0 atom stereocenters. The summed E-state index contributed by atoms with van der Waals surface area (Å²) in [5.74, 6) is 0.384. The quantitative estimate of drug-likeness (QED) is 0.752. The summed E-state index contributed by atoms with van der Waals surface area (Å²) in [5, 5.41) is 2.78. The van der Waals surface area contributed by atoms with Gasteiger partial charge in [-0.05, 0) is 55.2 Å². The number of hydrogen-bond donors (Lipinski definition) is 1. The van der Waals surface area contributed by atoms with Crippen LogP contribution in [0.15, 0.2) is 42.5 Å². The van der Waals surface area contributed by atoms with E-state index >= 15 is 0 Å². The lowest BCUT2D eigenvalue weighted by Crippen LogP contribution is -2.21. The van der Waals surface area contributed by atoms with E-state index in [1.165, 1.54) is 5.56 Å². The number of ether oxygens (including phenoxy) is 2. The van der Waals surface area contributed by atoms with Crippen molar-refractivity contribution < 1.29 is 19.1 Å². The van der Waals surface area contributed by atoms with Crippen LogP contribution in [0.2, 0.25) is 0 Å². The maximum atomic E-state index is 12.2. The fourth-order valence-corrected chi connectivity index (χ4v) is 2.38. The van der Waals surface area contributed by atoms with E-state index in [1.807, 2.05) is 31.2 Å². The van der Waals surface area contributed by atoms with E-state index in [2.05, 4.69) is 19.2 Å². The molecule has 1 N–H and O–H groups in total. The van der Waals surface area contributed by atoms with E-state index in [0.717, 1.165) is 5.56 Å². The van der Waals surface area contributed by atoms with Crippen LogP contribution in [0.25, 0.3) is 0 Å². The maximum absolute atomic E-state index is 12.2. The van der Waals surface area contributed by atoms with Gasteiger partial charge in [0.1, 0.15) is 5.75 Å². The van der Waals surface area contributed by atoms with Gasteiger partial charge in [-0.15, -0.1) is 0 Å². The van der Waals surface area contributed by atoms with Crippen LogP contribution in [-0.2, 0) is 9.53 Å². The predicted octanol–water partition coefficient (Wildman–Crippen LogP) is 4.31. The molecule has 5 nitrogen and oxygen atoms in total. The number of benzene rings is 2. The molecule has 26 heavy (non-hydrogen) atoms. The van der Waals surface area contributed by atoms with Crippen LogP contribution in [0, 0.1) is 6.92 Å². The van der Waals surface area contributed by atoms with Crippen molar-refractivity contribution in [3.63, 3.8) is 0 Å². The van der Waals surface area contributed by atoms with Gasteiger partial charge in [0.15, 0.2) is 6.61 Å². The van der Waals surface area contributed by atoms with Gasteiger partial charge in [0.05, 0.1) is 12.2 Å². The Morgan fingerprint density at radius 1 is 1.08 bits per heavy atom. The Bertz CT molecular complexity index is 766. The van der Waals surface area contributed by atoms with Crippen molar-refractivity contribution in [3.05, 3.63) is 59.2 Å². The van der Waals surface area contributed by atoms with Crippen LogP contribution in [0.4, 0.5) is 5.69 Å². The fourth-order valence-electron chi connectivity index (χ4n) is 2.38. The first-order valence-electron chi connectivity index (χ1n) is 8.71. The van der Waals surface area contributed by atoms with Crippen molar-refractivity contribution in [2.75, 3.05) is 18.5 Å². The summed E-state index contributed by atoms with van der Waals surface area (Å²) in [5.41, 5.74) is 3.04. The van der Waals surface area contributed by atoms with Crippen molar-refractivity contribution in [2.24, 2.45) is 0 Å². The highest BCUT2D eigenvalue weighted by Crippen LogP contribution is 2.20. The number of anilines is 1. The van der Waals surface area contributed by atoms with E-state index in [-0.39, 0.29) is 12.5 Å². The van der Waals surface area contributed by atoms with Gasteiger partial charge in [-0.2, -0.15) is 0 Å². The molecule has 0 aliphatic heterocycles. The normalized spacial score (nSPS) is 10.5. The number of hydrogen-bond acceptors (Lipinski definition) is 4. The molecule has 2 aromatic carbocycles. The number of rotatable bonds is 7. The molecule has 0 radical (unpaired) electrons. The molecular weight excluding hydrogens is 330 g/mol. The van der Waals surface area contributed by atoms with E-state index in [1.54, 1.807) is 25.1 Å². The van der Waals surface area contributed by atoms with Crippen LogP contribution in [0.1, 0.15) is 48.2 Å². The zero-order valence-electron chi connectivity index (χ0n) is 15.7. The van der Waals surface area contributed by atoms with Gasteiger partial charge in [0, 0.05) is 5.69 Å². The van der Waals surface area contributed by atoms with E-state index in [9.17, 15) is 9.59 Å². The lowest BCUT2D eigenvalue weighted by molar-refractivity contribution is -0.118. The standard InChI is InChI=1S/C21H25NO4/c1-5-25-21(24)17-7-6-15(4)19(12-17)22-20(23)13-26-18-10-8-16(9-11-18)14(2)3/h6-12,14H,5,13H2,1-4H3,(H,22,23). The average Bonchev–Trinajstić information content (AvgIpc) is 2.62. The molecule has 0 aliphatic rings. The summed E-state index contributed by atoms with van der Waals surface area (Å²) in [7, 11) is 0. The van der Waals surface area contributed by atoms with Gasteiger partial charge in [0.25, 0.3) is 5.91 Å². The highest BCUT2D eigenvalue weighted by atomic mass is 16.5. The second kappa shape index (κ2) is 9.04. The zero-order valence-corrected chi connectivity index (χ0v) is 15.7. The average molecular weight is 355 g/mol.